The average Bonchev–Trinajstić information content (AvgIpc) is 1.86. The van der Waals surface area contributed by atoms with Gasteiger partial charge in [0, 0.05) is 10.2 Å². The highest BCUT2D eigenvalue weighted by Crippen LogP contribution is 2.45. The highest BCUT2D eigenvalue weighted by Gasteiger charge is 2.34. The van der Waals surface area contributed by atoms with Crippen molar-refractivity contribution in [1.82, 2.24) is 0 Å². The zero-order chi connectivity index (χ0) is 16.4. The van der Waals surface area contributed by atoms with E-state index in [2.05, 4.69) is 55.4 Å². The third-order valence-corrected chi connectivity index (χ3v) is 4.29. The van der Waals surface area contributed by atoms with Gasteiger partial charge < -0.3 is 0 Å². The normalized spacial score (nSPS) is 16.5. The molecular formula is C17H36Cl2Si. The lowest BCUT2D eigenvalue weighted by Crippen LogP contribution is -2.29. The first-order valence-electron chi connectivity index (χ1n) is 7.89. The van der Waals surface area contributed by atoms with E-state index in [1.807, 2.05) is 0 Å². The molecule has 0 saturated carbocycles. The number of hydrogen-bond donors (Lipinski definition) is 0. The van der Waals surface area contributed by atoms with Crippen molar-refractivity contribution in [1.29, 1.82) is 0 Å². The van der Waals surface area contributed by atoms with Crippen molar-refractivity contribution < 1.29 is 0 Å². The first-order chi connectivity index (χ1) is 8.52. The van der Waals surface area contributed by atoms with Crippen LogP contribution in [-0.4, -0.2) is 14.2 Å². The summed E-state index contributed by atoms with van der Waals surface area (Å²) in [5.41, 5.74) is 1.11. The smallest absolute Gasteiger partial charge is 0.0975 e. The van der Waals surface area contributed by atoms with Crippen molar-refractivity contribution in [3.63, 3.8) is 0 Å². The van der Waals surface area contributed by atoms with Crippen molar-refractivity contribution >= 4 is 33.4 Å². The van der Waals surface area contributed by atoms with Crippen LogP contribution in [0.4, 0.5) is 0 Å². The molecule has 1 unspecified atom stereocenters. The lowest BCUT2D eigenvalue weighted by atomic mass is 9.66. The van der Waals surface area contributed by atoms with E-state index in [1.54, 1.807) is 0 Å². The first kappa shape index (κ1) is 20.8. The van der Waals surface area contributed by atoms with Gasteiger partial charge in [-0.3, -0.25) is 0 Å². The van der Waals surface area contributed by atoms with E-state index >= 15 is 0 Å². The van der Waals surface area contributed by atoms with Crippen LogP contribution in [0.3, 0.4) is 0 Å². The lowest BCUT2D eigenvalue weighted by Gasteiger charge is -2.40. The van der Waals surface area contributed by atoms with Crippen LogP contribution in [0.1, 0.15) is 81.1 Å². The van der Waals surface area contributed by atoms with Gasteiger partial charge in [-0.2, -0.15) is 0 Å². The summed E-state index contributed by atoms with van der Waals surface area (Å²) in [6, 6.07) is 0. The molecule has 0 aromatic heterocycles. The van der Waals surface area contributed by atoms with Gasteiger partial charge in [0.1, 0.15) is 0 Å². The topological polar surface area (TPSA) is 0 Å². The summed E-state index contributed by atoms with van der Waals surface area (Å²) < 4.78 is -0.462. The van der Waals surface area contributed by atoms with Crippen LogP contribution in [0, 0.1) is 22.2 Å². The quantitative estimate of drug-likeness (QED) is 0.407. The minimum absolute atomic E-state index is 0.342. The highest BCUT2D eigenvalue weighted by atomic mass is 35.5. The van der Waals surface area contributed by atoms with Gasteiger partial charge in [0.25, 0.3) is 0 Å². The van der Waals surface area contributed by atoms with Crippen molar-refractivity contribution in [2.24, 2.45) is 22.2 Å². The summed E-state index contributed by atoms with van der Waals surface area (Å²) in [6.07, 6.45) is 4.63. The summed E-state index contributed by atoms with van der Waals surface area (Å²) in [5.74, 6) is 0.586. The molecule has 1 atom stereocenters. The summed E-state index contributed by atoms with van der Waals surface area (Å²) in [4.78, 5) is 0. The SMILES string of the molecule is CC(CC([SiH3])(Cl)Cl)CC(C)(C)CC(C)(C)CC(C)(C)C. The largest absolute Gasteiger partial charge is 0.107 e. The Morgan fingerprint density at radius 1 is 0.800 bits per heavy atom. The zero-order valence-corrected chi connectivity index (χ0v) is 18.7. The van der Waals surface area contributed by atoms with Crippen molar-refractivity contribution in [3.05, 3.63) is 0 Å². The maximum Gasteiger partial charge on any atom is 0.0975 e. The van der Waals surface area contributed by atoms with Crippen LogP contribution < -0.4 is 0 Å². The predicted octanol–water partition coefficient (Wildman–Crippen LogP) is 5.78. The standard InChI is InChI=1S/C17H36Cl2Si/c1-13(10-17(18,19)20)9-15(5,6)12-16(7,8)11-14(2,3)4/h13H,9-12H2,1-8,20H3. The summed E-state index contributed by atoms with van der Waals surface area (Å²) >= 11 is 12.4. The van der Waals surface area contributed by atoms with Crippen LogP contribution in [0.2, 0.25) is 0 Å². The average molecular weight is 339 g/mol. The molecule has 0 saturated heterocycles. The third kappa shape index (κ3) is 11.5. The molecule has 0 rings (SSSR count). The Bertz CT molecular complexity index is 295. The van der Waals surface area contributed by atoms with Gasteiger partial charge in [-0.1, -0.05) is 55.4 Å². The van der Waals surface area contributed by atoms with E-state index in [0.717, 1.165) is 16.7 Å². The molecule has 0 bridgehead atoms. The van der Waals surface area contributed by atoms with Crippen LogP contribution in [0.25, 0.3) is 0 Å². The van der Waals surface area contributed by atoms with E-state index in [-0.39, 0.29) is 0 Å². The molecule has 0 spiro atoms. The Kier molecular flexibility index (Phi) is 7.19. The van der Waals surface area contributed by atoms with E-state index < -0.39 is 3.96 Å². The molecule has 20 heavy (non-hydrogen) atoms. The molecule has 0 aliphatic heterocycles. The van der Waals surface area contributed by atoms with Gasteiger partial charge in [0.15, 0.2) is 0 Å². The summed E-state index contributed by atoms with van der Waals surface area (Å²) in [7, 11) is 0.835. The molecule has 0 heterocycles. The van der Waals surface area contributed by atoms with Crippen LogP contribution in [0.5, 0.6) is 0 Å². The van der Waals surface area contributed by atoms with Gasteiger partial charge in [0.2, 0.25) is 0 Å². The molecule has 3 heteroatoms. The van der Waals surface area contributed by atoms with Crippen molar-refractivity contribution in [2.75, 3.05) is 0 Å². The Balaban J connectivity index is 4.58. The Morgan fingerprint density at radius 3 is 1.60 bits per heavy atom. The summed E-state index contributed by atoms with van der Waals surface area (Å²) in [5, 5.41) is 0. The van der Waals surface area contributed by atoms with Crippen LogP contribution >= 0.6 is 23.2 Å². The molecule has 0 nitrogen and oxygen atoms in total. The first-order valence-corrected chi connectivity index (χ1v) is 9.65. The van der Waals surface area contributed by atoms with Gasteiger partial charge in [-0.25, -0.2) is 0 Å². The molecule has 0 aliphatic carbocycles. The third-order valence-electron chi connectivity index (χ3n) is 3.57. The Morgan fingerprint density at radius 2 is 1.25 bits per heavy atom. The molecule has 122 valence electrons. The molecule has 0 radical (unpaired) electrons. The summed E-state index contributed by atoms with van der Waals surface area (Å²) in [6.45, 7) is 18.9. The number of alkyl halides is 2. The Hall–Kier alpha value is 0.797. The monoisotopic (exact) mass is 338 g/mol. The highest BCUT2D eigenvalue weighted by molar-refractivity contribution is 6.65. The Labute approximate surface area is 140 Å². The molecule has 0 fully saturated rings. The second kappa shape index (κ2) is 6.92. The fourth-order valence-electron chi connectivity index (χ4n) is 4.49. The van der Waals surface area contributed by atoms with Crippen LogP contribution in [-0.2, 0) is 0 Å². The van der Waals surface area contributed by atoms with Gasteiger partial charge in [-0.05, 0) is 47.8 Å². The number of halogens is 2. The van der Waals surface area contributed by atoms with E-state index in [4.69, 9.17) is 23.2 Å². The molecule has 0 aromatic carbocycles. The predicted molar refractivity (Wildman–Crippen MR) is 99.0 cm³/mol. The molecule has 0 aromatic rings. The molecule has 0 amide bonds. The fourth-order valence-corrected chi connectivity index (χ4v) is 5.72. The van der Waals surface area contributed by atoms with Gasteiger partial charge in [0.05, 0.1) is 3.96 Å². The van der Waals surface area contributed by atoms with Gasteiger partial charge in [-0.15, -0.1) is 23.2 Å². The van der Waals surface area contributed by atoms with E-state index in [0.29, 0.717) is 22.2 Å². The molecule has 0 N–H and O–H groups in total. The maximum absolute atomic E-state index is 6.20. The van der Waals surface area contributed by atoms with E-state index in [1.165, 1.54) is 19.3 Å². The second-order valence-corrected chi connectivity index (χ2v) is 14.7. The van der Waals surface area contributed by atoms with Gasteiger partial charge >= 0.3 is 0 Å². The van der Waals surface area contributed by atoms with Crippen molar-refractivity contribution in [2.45, 2.75) is 85.0 Å². The van der Waals surface area contributed by atoms with Crippen molar-refractivity contribution in [3.8, 4) is 0 Å². The lowest BCUT2D eigenvalue weighted by molar-refractivity contribution is 0.115. The number of hydrogen-bond acceptors (Lipinski definition) is 0. The molecular weight excluding hydrogens is 303 g/mol. The van der Waals surface area contributed by atoms with E-state index in [9.17, 15) is 0 Å². The minimum atomic E-state index is -0.462. The minimum Gasteiger partial charge on any atom is -0.107 e. The fraction of sp³-hybridized carbons (Fsp3) is 1.00. The maximum atomic E-state index is 6.20. The number of rotatable bonds is 7. The van der Waals surface area contributed by atoms with Crippen LogP contribution in [0.15, 0.2) is 0 Å². The second-order valence-electron chi connectivity index (χ2n) is 9.83. The molecule has 0 aliphatic rings. The zero-order valence-electron chi connectivity index (χ0n) is 15.2.